The molecule has 1 unspecified atom stereocenters. The molecule has 0 spiro atoms. The molecule has 2 rings (SSSR count). The number of rotatable bonds is 2. The number of ether oxygens (including phenoxy) is 2. The van der Waals surface area contributed by atoms with E-state index in [0.29, 0.717) is 29.9 Å². The third-order valence-electron chi connectivity index (χ3n) is 2.75. The molecule has 0 saturated heterocycles. The van der Waals surface area contributed by atoms with Crippen molar-refractivity contribution in [1.82, 2.24) is 0 Å². The molecule has 0 fully saturated rings. The topological polar surface area (TPSA) is 18.5 Å². The van der Waals surface area contributed by atoms with E-state index in [1.54, 1.807) is 6.07 Å². The summed E-state index contributed by atoms with van der Waals surface area (Å²) in [7, 11) is 0. The van der Waals surface area contributed by atoms with E-state index in [9.17, 15) is 0 Å². The van der Waals surface area contributed by atoms with Gasteiger partial charge < -0.3 is 9.47 Å². The first-order valence-electron chi connectivity index (χ1n) is 5.82. The molecular weight excluding hydrogens is 259 g/mol. The molecule has 1 aromatic rings. The monoisotopic (exact) mass is 274 g/mol. The predicted molar refractivity (Wildman–Crippen MR) is 70.5 cm³/mol. The zero-order valence-electron chi connectivity index (χ0n) is 10.0. The fourth-order valence-electron chi connectivity index (χ4n) is 1.77. The maximum Gasteiger partial charge on any atom is 0.162 e. The number of halogens is 2. The van der Waals surface area contributed by atoms with E-state index in [2.05, 4.69) is 13.8 Å². The minimum absolute atomic E-state index is 0.111. The standard InChI is InChI=1S/C13H16Cl2O2/c1-8(2)13(15)9-6-11-12(7-10(9)14)17-5-3-4-16-11/h6-8,13H,3-5H2,1-2H3. The van der Waals surface area contributed by atoms with E-state index in [1.807, 2.05) is 6.07 Å². The first-order chi connectivity index (χ1) is 8.09. The molecule has 2 nitrogen and oxygen atoms in total. The Kier molecular flexibility index (Phi) is 4.05. The highest BCUT2D eigenvalue weighted by Crippen LogP contribution is 2.41. The Balaban J connectivity index is 2.38. The summed E-state index contributed by atoms with van der Waals surface area (Å²) in [6.07, 6.45) is 0.885. The minimum atomic E-state index is -0.111. The SMILES string of the molecule is CC(C)C(Cl)c1cc2c(cc1Cl)OCCCO2. The molecule has 1 aliphatic heterocycles. The molecule has 0 aromatic heterocycles. The molecule has 1 heterocycles. The minimum Gasteiger partial charge on any atom is -0.490 e. The van der Waals surface area contributed by atoms with Crippen LogP contribution in [-0.4, -0.2) is 13.2 Å². The van der Waals surface area contributed by atoms with E-state index < -0.39 is 0 Å². The lowest BCUT2D eigenvalue weighted by molar-refractivity contribution is 0.297. The van der Waals surface area contributed by atoms with E-state index in [4.69, 9.17) is 32.7 Å². The van der Waals surface area contributed by atoms with E-state index in [1.165, 1.54) is 0 Å². The molecule has 0 radical (unpaired) electrons. The summed E-state index contributed by atoms with van der Waals surface area (Å²) in [5.74, 6) is 1.77. The Morgan fingerprint density at radius 3 is 2.29 bits per heavy atom. The number of benzene rings is 1. The van der Waals surface area contributed by atoms with Crippen LogP contribution in [0.2, 0.25) is 5.02 Å². The van der Waals surface area contributed by atoms with Gasteiger partial charge in [0.15, 0.2) is 11.5 Å². The average Bonchev–Trinajstić information content (AvgIpc) is 2.51. The molecule has 1 aromatic carbocycles. The molecule has 4 heteroatoms. The summed E-state index contributed by atoms with van der Waals surface area (Å²) >= 11 is 12.6. The number of fused-ring (bicyclic) bond motifs is 1. The van der Waals surface area contributed by atoms with Crippen molar-refractivity contribution in [3.63, 3.8) is 0 Å². The summed E-state index contributed by atoms with van der Waals surface area (Å²) < 4.78 is 11.2. The zero-order valence-corrected chi connectivity index (χ0v) is 11.5. The second kappa shape index (κ2) is 5.36. The lowest BCUT2D eigenvalue weighted by Gasteiger charge is -2.17. The van der Waals surface area contributed by atoms with Gasteiger partial charge in [-0.25, -0.2) is 0 Å². The highest BCUT2D eigenvalue weighted by atomic mass is 35.5. The van der Waals surface area contributed by atoms with Crippen LogP contribution < -0.4 is 9.47 Å². The molecule has 0 amide bonds. The van der Waals surface area contributed by atoms with Crippen LogP contribution in [0.3, 0.4) is 0 Å². The first kappa shape index (κ1) is 12.8. The van der Waals surface area contributed by atoms with Gasteiger partial charge in [-0.3, -0.25) is 0 Å². The second-order valence-electron chi connectivity index (χ2n) is 4.52. The zero-order chi connectivity index (χ0) is 12.4. The Bertz CT molecular complexity index is 405. The molecule has 94 valence electrons. The molecule has 0 aliphatic carbocycles. The first-order valence-corrected chi connectivity index (χ1v) is 6.64. The fourth-order valence-corrected chi connectivity index (χ4v) is 2.28. The second-order valence-corrected chi connectivity index (χ2v) is 5.39. The van der Waals surface area contributed by atoms with Crippen LogP contribution in [-0.2, 0) is 0 Å². The van der Waals surface area contributed by atoms with Gasteiger partial charge in [-0.05, 0) is 17.5 Å². The van der Waals surface area contributed by atoms with Crippen LogP contribution in [0, 0.1) is 5.92 Å². The van der Waals surface area contributed by atoms with Crippen LogP contribution in [0.25, 0.3) is 0 Å². The van der Waals surface area contributed by atoms with Gasteiger partial charge in [0, 0.05) is 17.5 Å². The van der Waals surface area contributed by atoms with Gasteiger partial charge >= 0.3 is 0 Å². The van der Waals surface area contributed by atoms with E-state index in [0.717, 1.165) is 17.7 Å². The van der Waals surface area contributed by atoms with Crippen LogP contribution in [0.5, 0.6) is 11.5 Å². The molecular formula is C13H16Cl2O2. The Hall–Kier alpha value is -0.600. The van der Waals surface area contributed by atoms with Crippen LogP contribution in [0.15, 0.2) is 12.1 Å². The van der Waals surface area contributed by atoms with Gasteiger partial charge in [0.05, 0.1) is 18.6 Å². The highest BCUT2D eigenvalue weighted by Gasteiger charge is 2.20. The van der Waals surface area contributed by atoms with Crippen molar-refractivity contribution < 1.29 is 9.47 Å². The molecule has 0 saturated carbocycles. The normalized spacial score (nSPS) is 16.8. The van der Waals surface area contributed by atoms with Crippen molar-refractivity contribution >= 4 is 23.2 Å². The highest BCUT2D eigenvalue weighted by molar-refractivity contribution is 6.33. The van der Waals surface area contributed by atoms with E-state index >= 15 is 0 Å². The number of hydrogen-bond acceptors (Lipinski definition) is 2. The third-order valence-corrected chi connectivity index (χ3v) is 3.82. The lowest BCUT2D eigenvalue weighted by atomic mass is 10.0. The van der Waals surface area contributed by atoms with Gasteiger partial charge in [0.2, 0.25) is 0 Å². The summed E-state index contributed by atoms with van der Waals surface area (Å²) in [6.45, 7) is 5.47. The number of alkyl halides is 1. The summed E-state index contributed by atoms with van der Waals surface area (Å²) in [5, 5.41) is 0.530. The smallest absolute Gasteiger partial charge is 0.162 e. The summed E-state index contributed by atoms with van der Waals surface area (Å²) in [6, 6.07) is 3.70. The van der Waals surface area contributed by atoms with Crippen molar-refractivity contribution in [1.29, 1.82) is 0 Å². The maximum atomic E-state index is 6.35. The van der Waals surface area contributed by atoms with Crippen molar-refractivity contribution in [2.45, 2.75) is 25.6 Å². The number of hydrogen-bond donors (Lipinski definition) is 0. The Labute approximate surface area is 112 Å². The van der Waals surface area contributed by atoms with Gasteiger partial charge in [0.25, 0.3) is 0 Å². The average molecular weight is 275 g/mol. The molecule has 1 atom stereocenters. The van der Waals surface area contributed by atoms with Crippen LogP contribution in [0.1, 0.15) is 31.2 Å². The van der Waals surface area contributed by atoms with Crippen molar-refractivity contribution in [2.24, 2.45) is 5.92 Å². The van der Waals surface area contributed by atoms with Crippen LogP contribution >= 0.6 is 23.2 Å². The third kappa shape index (κ3) is 2.80. The Morgan fingerprint density at radius 2 is 1.71 bits per heavy atom. The molecule has 0 N–H and O–H groups in total. The maximum absolute atomic E-state index is 6.35. The van der Waals surface area contributed by atoms with Crippen molar-refractivity contribution in [3.8, 4) is 11.5 Å². The largest absolute Gasteiger partial charge is 0.490 e. The molecule has 17 heavy (non-hydrogen) atoms. The summed E-state index contributed by atoms with van der Waals surface area (Å²) in [4.78, 5) is 0. The Morgan fingerprint density at radius 1 is 1.12 bits per heavy atom. The van der Waals surface area contributed by atoms with Gasteiger partial charge in [0.1, 0.15) is 0 Å². The quantitative estimate of drug-likeness (QED) is 0.743. The van der Waals surface area contributed by atoms with Gasteiger partial charge in [-0.1, -0.05) is 25.4 Å². The fraction of sp³-hybridized carbons (Fsp3) is 0.538. The van der Waals surface area contributed by atoms with Crippen molar-refractivity contribution in [3.05, 3.63) is 22.7 Å². The molecule has 1 aliphatic rings. The molecule has 0 bridgehead atoms. The predicted octanol–water partition coefficient (Wildman–Crippen LogP) is 4.44. The van der Waals surface area contributed by atoms with Gasteiger partial charge in [-0.15, -0.1) is 11.6 Å². The lowest BCUT2D eigenvalue weighted by Crippen LogP contribution is -2.02. The van der Waals surface area contributed by atoms with Crippen molar-refractivity contribution in [2.75, 3.05) is 13.2 Å². The van der Waals surface area contributed by atoms with Crippen LogP contribution in [0.4, 0.5) is 0 Å². The summed E-state index contributed by atoms with van der Waals surface area (Å²) in [5.41, 5.74) is 0.910. The van der Waals surface area contributed by atoms with E-state index in [-0.39, 0.29) is 5.38 Å². The van der Waals surface area contributed by atoms with Gasteiger partial charge in [-0.2, -0.15) is 0 Å².